The van der Waals surface area contributed by atoms with Crippen LogP contribution in [0.1, 0.15) is 5.56 Å². The van der Waals surface area contributed by atoms with Crippen LogP contribution in [0.3, 0.4) is 0 Å². The molecule has 0 fully saturated rings. The Kier molecular flexibility index (Phi) is 3.78. The summed E-state index contributed by atoms with van der Waals surface area (Å²) < 4.78 is 13.6. The molecule has 7 heteroatoms. The van der Waals surface area contributed by atoms with Gasteiger partial charge in [0.15, 0.2) is 5.16 Å². The van der Waals surface area contributed by atoms with Crippen molar-refractivity contribution in [2.75, 3.05) is 5.73 Å². The number of thioether (sulfide) groups is 1. The molecule has 0 unspecified atom stereocenters. The van der Waals surface area contributed by atoms with Gasteiger partial charge in [-0.05, 0) is 35.2 Å². The Labute approximate surface area is 128 Å². The van der Waals surface area contributed by atoms with Crippen molar-refractivity contribution in [2.45, 2.75) is 10.9 Å². The van der Waals surface area contributed by atoms with Gasteiger partial charge in [-0.15, -0.1) is 11.3 Å². The zero-order chi connectivity index (χ0) is 14.1. The molecular weight excluding hydrogens is 317 g/mol. The van der Waals surface area contributed by atoms with Crippen LogP contribution in [0.5, 0.6) is 0 Å². The molecule has 0 saturated heterocycles. The molecular formula is C13H9ClFN3S2. The Morgan fingerprint density at radius 1 is 1.30 bits per heavy atom. The van der Waals surface area contributed by atoms with E-state index >= 15 is 0 Å². The maximum Gasteiger partial charge on any atom is 0.191 e. The van der Waals surface area contributed by atoms with E-state index in [1.165, 1.54) is 35.2 Å². The molecule has 0 saturated carbocycles. The van der Waals surface area contributed by atoms with Crippen molar-refractivity contribution in [2.24, 2.45) is 0 Å². The topological polar surface area (TPSA) is 51.8 Å². The van der Waals surface area contributed by atoms with Gasteiger partial charge >= 0.3 is 0 Å². The third-order valence-corrected chi connectivity index (χ3v) is 4.64. The number of anilines is 1. The van der Waals surface area contributed by atoms with E-state index in [1.807, 2.05) is 11.4 Å². The average molecular weight is 326 g/mol. The fourth-order valence-electron chi connectivity index (χ4n) is 1.72. The molecule has 3 rings (SSSR count). The minimum absolute atomic E-state index is 0.285. The monoisotopic (exact) mass is 325 g/mol. The van der Waals surface area contributed by atoms with Gasteiger partial charge in [0.1, 0.15) is 16.5 Å². The predicted molar refractivity (Wildman–Crippen MR) is 82.8 cm³/mol. The first-order valence-electron chi connectivity index (χ1n) is 5.71. The van der Waals surface area contributed by atoms with Crippen molar-refractivity contribution in [3.63, 3.8) is 0 Å². The number of hydrogen-bond acceptors (Lipinski definition) is 5. The van der Waals surface area contributed by atoms with Crippen molar-refractivity contribution in [3.8, 4) is 0 Å². The van der Waals surface area contributed by atoms with Gasteiger partial charge in [-0.3, -0.25) is 0 Å². The number of benzene rings is 1. The maximum absolute atomic E-state index is 13.6. The van der Waals surface area contributed by atoms with Crippen LogP contribution in [0.25, 0.3) is 10.2 Å². The van der Waals surface area contributed by atoms with Gasteiger partial charge < -0.3 is 5.73 Å². The highest BCUT2D eigenvalue weighted by Gasteiger charge is 2.09. The van der Waals surface area contributed by atoms with Crippen molar-refractivity contribution >= 4 is 50.7 Å². The van der Waals surface area contributed by atoms with Gasteiger partial charge in [-0.1, -0.05) is 23.4 Å². The third-order valence-electron chi connectivity index (χ3n) is 2.70. The Bertz CT molecular complexity index is 775. The number of thiophene rings is 1. The molecule has 3 nitrogen and oxygen atoms in total. The molecule has 2 heterocycles. The summed E-state index contributed by atoms with van der Waals surface area (Å²) in [5.74, 6) is 0.570. The summed E-state index contributed by atoms with van der Waals surface area (Å²) in [5, 5.41) is 3.82. The summed E-state index contributed by atoms with van der Waals surface area (Å²) in [6, 6.07) is 6.38. The van der Waals surface area contributed by atoms with Crippen LogP contribution < -0.4 is 5.73 Å². The maximum atomic E-state index is 13.6. The van der Waals surface area contributed by atoms with Gasteiger partial charge in [0, 0.05) is 10.8 Å². The molecule has 0 aliphatic heterocycles. The average Bonchev–Trinajstić information content (AvgIpc) is 2.89. The molecule has 0 spiro atoms. The number of hydrogen-bond donors (Lipinski definition) is 1. The van der Waals surface area contributed by atoms with E-state index in [9.17, 15) is 4.39 Å². The van der Waals surface area contributed by atoms with Crippen LogP contribution in [0, 0.1) is 5.82 Å². The lowest BCUT2D eigenvalue weighted by Gasteiger charge is -2.04. The van der Waals surface area contributed by atoms with Crippen LogP contribution in [0.15, 0.2) is 34.8 Å². The molecule has 0 aliphatic rings. The van der Waals surface area contributed by atoms with E-state index in [4.69, 9.17) is 17.3 Å². The Hall–Kier alpha value is -1.37. The van der Waals surface area contributed by atoms with E-state index in [-0.39, 0.29) is 5.82 Å². The zero-order valence-electron chi connectivity index (χ0n) is 10.1. The second-order valence-corrected chi connectivity index (χ2v) is 6.33. The van der Waals surface area contributed by atoms with Gasteiger partial charge in [0.05, 0.1) is 5.39 Å². The Balaban J connectivity index is 1.84. The summed E-state index contributed by atoms with van der Waals surface area (Å²) in [6.07, 6.45) is 0. The van der Waals surface area contributed by atoms with Crippen LogP contribution in [0.4, 0.5) is 10.2 Å². The molecule has 20 heavy (non-hydrogen) atoms. The molecule has 0 atom stereocenters. The van der Waals surface area contributed by atoms with Crippen LogP contribution in [-0.4, -0.2) is 9.97 Å². The highest BCUT2D eigenvalue weighted by molar-refractivity contribution is 7.98. The van der Waals surface area contributed by atoms with Gasteiger partial charge in [-0.25, -0.2) is 14.4 Å². The summed E-state index contributed by atoms with van der Waals surface area (Å²) >= 11 is 8.70. The third kappa shape index (κ3) is 2.72. The van der Waals surface area contributed by atoms with E-state index < -0.39 is 0 Å². The second-order valence-electron chi connectivity index (χ2n) is 4.06. The molecule has 0 amide bonds. The number of halogens is 2. The lowest BCUT2D eigenvalue weighted by Crippen LogP contribution is -1.96. The van der Waals surface area contributed by atoms with Gasteiger partial charge in [0.25, 0.3) is 0 Å². The predicted octanol–water partition coefficient (Wildman–Crippen LogP) is 4.36. The summed E-state index contributed by atoms with van der Waals surface area (Å²) in [5.41, 5.74) is 6.40. The lowest BCUT2D eigenvalue weighted by molar-refractivity contribution is 0.617. The standard InChI is InChI=1S/C13H9ClFN3S2/c14-8-1-2-10(15)7(5-8)6-20-13-17-11(16)9-3-4-19-12(9)18-13/h1-5H,6H2,(H2,16,17,18). The van der Waals surface area contributed by atoms with Crippen LogP contribution in [-0.2, 0) is 5.75 Å². The van der Waals surface area contributed by atoms with Crippen molar-refractivity contribution in [1.29, 1.82) is 0 Å². The first-order valence-corrected chi connectivity index (χ1v) is 7.95. The van der Waals surface area contributed by atoms with E-state index in [1.54, 1.807) is 6.07 Å². The fourth-order valence-corrected chi connectivity index (χ4v) is 3.57. The number of aromatic nitrogens is 2. The van der Waals surface area contributed by atoms with E-state index in [0.29, 0.717) is 27.3 Å². The largest absolute Gasteiger partial charge is 0.383 e. The number of nitrogens with zero attached hydrogens (tertiary/aromatic N) is 2. The quantitative estimate of drug-likeness (QED) is 0.574. The summed E-state index contributed by atoms with van der Waals surface area (Å²) in [6.45, 7) is 0. The Morgan fingerprint density at radius 3 is 3.00 bits per heavy atom. The van der Waals surface area contributed by atoms with Crippen molar-refractivity contribution in [1.82, 2.24) is 9.97 Å². The second kappa shape index (κ2) is 5.55. The molecule has 2 aromatic heterocycles. The Morgan fingerprint density at radius 2 is 2.15 bits per heavy atom. The van der Waals surface area contributed by atoms with Crippen molar-refractivity contribution in [3.05, 3.63) is 46.0 Å². The number of fused-ring (bicyclic) bond motifs is 1. The molecule has 2 N–H and O–H groups in total. The molecule has 1 aromatic carbocycles. The number of rotatable bonds is 3. The summed E-state index contributed by atoms with van der Waals surface area (Å²) in [7, 11) is 0. The van der Waals surface area contributed by atoms with Crippen LogP contribution in [0.2, 0.25) is 5.02 Å². The first kappa shape index (κ1) is 13.6. The normalized spacial score (nSPS) is 11.1. The fraction of sp³-hybridized carbons (Fsp3) is 0.0769. The number of nitrogens with two attached hydrogens (primary N) is 1. The lowest BCUT2D eigenvalue weighted by atomic mass is 10.2. The SMILES string of the molecule is Nc1nc(SCc2cc(Cl)ccc2F)nc2sccc12. The molecule has 0 radical (unpaired) electrons. The molecule has 102 valence electrons. The number of nitrogen functional groups attached to an aromatic ring is 1. The summed E-state index contributed by atoms with van der Waals surface area (Å²) in [4.78, 5) is 9.46. The molecule has 3 aromatic rings. The smallest absolute Gasteiger partial charge is 0.191 e. The highest BCUT2D eigenvalue weighted by Crippen LogP contribution is 2.28. The first-order chi connectivity index (χ1) is 9.63. The minimum Gasteiger partial charge on any atom is -0.383 e. The van der Waals surface area contributed by atoms with E-state index in [0.717, 1.165) is 10.2 Å². The van der Waals surface area contributed by atoms with Gasteiger partial charge in [0.2, 0.25) is 0 Å². The van der Waals surface area contributed by atoms with Crippen molar-refractivity contribution < 1.29 is 4.39 Å². The highest BCUT2D eigenvalue weighted by atomic mass is 35.5. The zero-order valence-corrected chi connectivity index (χ0v) is 12.5. The van der Waals surface area contributed by atoms with E-state index in [2.05, 4.69) is 9.97 Å². The molecule has 0 aliphatic carbocycles. The minimum atomic E-state index is -0.285. The molecule has 0 bridgehead atoms. The van der Waals surface area contributed by atoms with Crippen LogP contribution >= 0.6 is 34.7 Å². The van der Waals surface area contributed by atoms with Gasteiger partial charge in [-0.2, -0.15) is 0 Å².